The van der Waals surface area contributed by atoms with Crippen molar-refractivity contribution >= 4 is 27.6 Å². The molecule has 0 bridgehead atoms. The topological polar surface area (TPSA) is 157 Å². The van der Waals surface area contributed by atoms with E-state index in [2.05, 4.69) is 15.5 Å². The Bertz CT molecular complexity index is 1160. The van der Waals surface area contributed by atoms with Crippen molar-refractivity contribution in [2.24, 2.45) is 16.5 Å². The van der Waals surface area contributed by atoms with Crippen LogP contribution in [0.25, 0.3) is 0 Å². The number of hydrogen-bond acceptors (Lipinski definition) is 8. The Kier molecular flexibility index (Phi) is 4.00. The van der Waals surface area contributed by atoms with Gasteiger partial charge in [0.25, 0.3) is 5.91 Å². The van der Waals surface area contributed by atoms with Gasteiger partial charge in [-0.3, -0.25) is 4.79 Å². The third-order valence-electron chi connectivity index (χ3n) is 5.36. The van der Waals surface area contributed by atoms with E-state index in [0.717, 1.165) is 10.4 Å². The number of hydrogen-bond donors (Lipinski definition) is 3. The quantitative estimate of drug-likeness (QED) is 0.654. The summed E-state index contributed by atoms with van der Waals surface area (Å²) in [4.78, 5) is 16.5. The first-order chi connectivity index (χ1) is 13.5. The van der Waals surface area contributed by atoms with Gasteiger partial charge in [-0.15, -0.1) is 0 Å². The summed E-state index contributed by atoms with van der Waals surface area (Å²) in [6.45, 7) is 1.63. The van der Waals surface area contributed by atoms with Crippen LogP contribution in [0.3, 0.4) is 0 Å². The second kappa shape index (κ2) is 6.00. The molecule has 1 aromatic carbocycles. The summed E-state index contributed by atoms with van der Waals surface area (Å²) in [6, 6.07) is 5.11. The number of benzene rings is 1. The summed E-state index contributed by atoms with van der Waals surface area (Å²) in [5.41, 5.74) is 10.3. The Labute approximate surface area is 165 Å². The molecule has 1 spiro atoms. The standard InChI is InChI=1S/C17H19FN6O4S/c1-9-7-13(23-28-9)14(25)21-10-3-4-12(18)11(8-10)17(20)16(5-6-16)29(26,27)24(2)15(19)22-17/h3-4,7-8H,5-6,20H2,1-2H3,(H2,19,22)(H,21,25)/t17-/m1/s1. The molecular weight excluding hydrogens is 403 g/mol. The van der Waals surface area contributed by atoms with Gasteiger partial charge >= 0.3 is 0 Å². The molecule has 29 heavy (non-hydrogen) atoms. The van der Waals surface area contributed by atoms with Gasteiger partial charge in [0, 0.05) is 24.4 Å². The molecule has 5 N–H and O–H groups in total. The van der Waals surface area contributed by atoms with Crippen molar-refractivity contribution in [1.82, 2.24) is 9.46 Å². The first-order valence-electron chi connectivity index (χ1n) is 8.69. The predicted molar refractivity (Wildman–Crippen MR) is 102 cm³/mol. The SMILES string of the molecule is Cc1cc(C(=O)Nc2ccc(F)c([C@@]3(N)N=C(N)N(C)S(=O)(=O)C34CC4)c2)no1. The van der Waals surface area contributed by atoms with Gasteiger partial charge in [-0.2, -0.15) is 0 Å². The number of sulfonamides is 1. The molecule has 2 heterocycles. The van der Waals surface area contributed by atoms with Crippen molar-refractivity contribution in [2.75, 3.05) is 12.4 Å². The third kappa shape index (κ3) is 2.63. The second-order valence-electron chi connectivity index (χ2n) is 7.17. The van der Waals surface area contributed by atoms with Crippen LogP contribution in [-0.2, 0) is 15.7 Å². The third-order valence-corrected chi connectivity index (χ3v) is 7.98. The van der Waals surface area contributed by atoms with Crippen LogP contribution in [0, 0.1) is 12.7 Å². The molecule has 1 saturated carbocycles. The number of aromatic nitrogens is 1. The van der Waals surface area contributed by atoms with Crippen LogP contribution < -0.4 is 16.8 Å². The number of aryl methyl sites for hydroxylation is 1. The van der Waals surface area contributed by atoms with Crippen molar-refractivity contribution in [2.45, 2.75) is 30.2 Å². The maximum absolute atomic E-state index is 14.8. The van der Waals surface area contributed by atoms with Gasteiger partial charge in [0.05, 0.1) is 0 Å². The van der Waals surface area contributed by atoms with Crippen LogP contribution in [0.4, 0.5) is 10.1 Å². The lowest BCUT2D eigenvalue weighted by Gasteiger charge is -2.41. The Hall–Kier alpha value is -2.99. The highest BCUT2D eigenvalue weighted by Crippen LogP contribution is 2.58. The van der Waals surface area contributed by atoms with E-state index in [1.165, 1.54) is 25.2 Å². The van der Waals surface area contributed by atoms with Crippen LogP contribution in [0.15, 0.2) is 33.8 Å². The lowest BCUT2D eigenvalue weighted by Crippen LogP contribution is -2.63. The van der Waals surface area contributed by atoms with Gasteiger partial charge in [-0.05, 0) is 38.0 Å². The number of carbonyl (C=O) groups is 1. The average Bonchev–Trinajstić information content (AvgIpc) is 3.38. The number of anilines is 1. The fourth-order valence-electron chi connectivity index (χ4n) is 3.56. The molecule has 1 aromatic heterocycles. The van der Waals surface area contributed by atoms with E-state index in [0.29, 0.717) is 5.76 Å². The Morgan fingerprint density at radius 3 is 2.62 bits per heavy atom. The van der Waals surface area contributed by atoms with Crippen molar-refractivity contribution < 1.29 is 22.1 Å². The minimum Gasteiger partial charge on any atom is -0.369 e. The summed E-state index contributed by atoms with van der Waals surface area (Å²) >= 11 is 0. The number of rotatable bonds is 3. The van der Waals surface area contributed by atoms with E-state index in [-0.39, 0.29) is 35.7 Å². The van der Waals surface area contributed by atoms with E-state index in [1.54, 1.807) is 6.92 Å². The van der Waals surface area contributed by atoms with Crippen molar-refractivity contribution in [3.05, 3.63) is 47.1 Å². The van der Waals surface area contributed by atoms with Gasteiger partial charge in [0.1, 0.15) is 16.3 Å². The van der Waals surface area contributed by atoms with Crippen LogP contribution in [-0.4, -0.2) is 41.5 Å². The molecule has 0 saturated heterocycles. The Balaban J connectivity index is 1.77. The number of amides is 1. The van der Waals surface area contributed by atoms with E-state index in [1.807, 2.05) is 0 Å². The number of carbonyl (C=O) groups excluding carboxylic acids is 1. The van der Waals surface area contributed by atoms with E-state index >= 15 is 0 Å². The molecule has 154 valence electrons. The smallest absolute Gasteiger partial charge is 0.277 e. The highest BCUT2D eigenvalue weighted by atomic mass is 32.2. The molecular formula is C17H19FN6O4S. The normalized spacial score (nSPS) is 24.3. The zero-order chi connectivity index (χ0) is 21.2. The van der Waals surface area contributed by atoms with Crippen LogP contribution in [0.2, 0.25) is 0 Å². The molecule has 12 heteroatoms. The van der Waals surface area contributed by atoms with Gasteiger partial charge in [0.2, 0.25) is 16.0 Å². The Morgan fingerprint density at radius 2 is 2.03 bits per heavy atom. The minimum absolute atomic E-state index is 0.0404. The highest BCUT2D eigenvalue weighted by molar-refractivity contribution is 7.91. The zero-order valence-electron chi connectivity index (χ0n) is 15.6. The Morgan fingerprint density at radius 1 is 1.34 bits per heavy atom. The average molecular weight is 422 g/mol. The first kappa shape index (κ1) is 19.3. The fourth-order valence-corrected chi connectivity index (χ4v) is 5.53. The molecule has 0 radical (unpaired) electrons. The number of nitrogens with two attached hydrogens (primary N) is 2. The molecule has 4 rings (SSSR count). The molecule has 1 atom stereocenters. The van der Waals surface area contributed by atoms with Crippen molar-refractivity contribution in [3.8, 4) is 0 Å². The molecule has 1 aliphatic heterocycles. The summed E-state index contributed by atoms with van der Waals surface area (Å²) in [7, 11) is -2.67. The zero-order valence-corrected chi connectivity index (χ0v) is 16.5. The predicted octanol–water partition coefficient (Wildman–Crippen LogP) is 0.608. The summed E-state index contributed by atoms with van der Waals surface area (Å²) in [5.74, 6) is -1.22. The maximum Gasteiger partial charge on any atom is 0.277 e. The van der Waals surface area contributed by atoms with Gasteiger partial charge in [-0.1, -0.05) is 5.16 Å². The molecule has 1 amide bonds. The number of nitrogens with zero attached hydrogens (tertiary/aromatic N) is 3. The first-order valence-corrected chi connectivity index (χ1v) is 10.1. The summed E-state index contributed by atoms with van der Waals surface area (Å²) in [6.07, 6.45) is 0.419. The summed E-state index contributed by atoms with van der Waals surface area (Å²) < 4.78 is 44.9. The minimum atomic E-state index is -3.95. The van der Waals surface area contributed by atoms with Crippen LogP contribution in [0.1, 0.15) is 34.7 Å². The molecule has 0 unspecified atom stereocenters. The number of aliphatic imine (C=N–C) groups is 1. The number of guanidine groups is 1. The fraction of sp³-hybridized carbons (Fsp3) is 0.353. The van der Waals surface area contributed by atoms with Crippen molar-refractivity contribution in [3.63, 3.8) is 0 Å². The largest absolute Gasteiger partial charge is 0.369 e. The lowest BCUT2D eigenvalue weighted by atomic mass is 9.93. The van der Waals surface area contributed by atoms with E-state index < -0.39 is 32.2 Å². The second-order valence-corrected chi connectivity index (χ2v) is 9.45. The number of nitrogens with one attached hydrogen (secondary N) is 1. The molecule has 1 aliphatic carbocycles. The maximum atomic E-state index is 14.8. The highest BCUT2D eigenvalue weighted by Gasteiger charge is 2.71. The lowest BCUT2D eigenvalue weighted by molar-refractivity contribution is 0.101. The molecule has 2 aliphatic rings. The van der Waals surface area contributed by atoms with Crippen LogP contribution >= 0.6 is 0 Å². The van der Waals surface area contributed by atoms with Crippen LogP contribution in [0.5, 0.6) is 0 Å². The molecule has 1 fully saturated rings. The van der Waals surface area contributed by atoms with Crippen molar-refractivity contribution in [1.29, 1.82) is 0 Å². The molecule has 10 nitrogen and oxygen atoms in total. The summed E-state index contributed by atoms with van der Waals surface area (Å²) in [5, 5.41) is 6.18. The van der Waals surface area contributed by atoms with Gasteiger partial charge < -0.3 is 21.3 Å². The monoisotopic (exact) mass is 422 g/mol. The molecule has 2 aromatic rings. The van der Waals surface area contributed by atoms with E-state index in [9.17, 15) is 17.6 Å². The van der Waals surface area contributed by atoms with Gasteiger partial charge in [0.15, 0.2) is 11.4 Å². The number of halogens is 1. The van der Waals surface area contributed by atoms with E-state index in [4.69, 9.17) is 16.0 Å². The van der Waals surface area contributed by atoms with Gasteiger partial charge in [-0.25, -0.2) is 22.1 Å².